The summed E-state index contributed by atoms with van der Waals surface area (Å²) in [6.07, 6.45) is 1.99. The first-order valence-corrected chi connectivity index (χ1v) is 6.45. The zero-order chi connectivity index (χ0) is 14.4. The van der Waals surface area contributed by atoms with Crippen molar-refractivity contribution in [2.45, 2.75) is 19.5 Å². The third kappa shape index (κ3) is 4.22. The quantitative estimate of drug-likeness (QED) is 0.474. The SMILES string of the molecule is CN(Cc1ccc(CC(=O)NN)cc1)Cc1ccco1. The van der Waals surface area contributed by atoms with Gasteiger partial charge in [-0.15, -0.1) is 0 Å². The standard InChI is InChI=1S/C15H19N3O2/c1-18(11-14-3-2-8-20-14)10-13-6-4-12(5-7-13)9-15(19)17-16/h2-8H,9-11,16H2,1H3,(H,17,19). The first-order valence-electron chi connectivity index (χ1n) is 6.45. The molecule has 0 unspecified atom stereocenters. The Hall–Kier alpha value is -2.11. The zero-order valence-electron chi connectivity index (χ0n) is 11.5. The van der Waals surface area contributed by atoms with Gasteiger partial charge in [-0.25, -0.2) is 5.84 Å². The molecule has 0 atom stereocenters. The molecule has 0 radical (unpaired) electrons. The van der Waals surface area contributed by atoms with Crippen molar-refractivity contribution in [2.24, 2.45) is 5.84 Å². The Morgan fingerprint density at radius 1 is 1.20 bits per heavy atom. The van der Waals surface area contributed by atoms with Crippen LogP contribution < -0.4 is 11.3 Å². The number of nitrogens with two attached hydrogens (primary N) is 1. The Kier molecular flexibility index (Phi) is 4.92. The molecule has 0 spiro atoms. The molecular formula is C15H19N3O2. The minimum atomic E-state index is -0.187. The van der Waals surface area contributed by atoms with Crippen molar-refractivity contribution in [3.05, 3.63) is 59.5 Å². The van der Waals surface area contributed by atoms with E-state index in [1.165, 1.54) is 5.56 Å². The highest BCUT2D eigenvalue weighted by Crippen LogP contribution is 2.10. The van der Waals surface area contributed by atoms with Crippen molar-refractivity contribution >= 4 is 5.91 Å². The van der Waals surface area contributed by atoms with Crippen molar-refractivity contribution in [2.75, 3.05) is 7.05 Å². The van der Waals surface area contributed by atoms with Gasteiger partial charge in [0.2, 0.25) is 5.91 Å². The summed E-state index contributed by atoms with van der Waals surface area (Å²) in [6, 6.07) is 11.8. The largest absolute Gasteiger partial charge is 0.468 e. The fraction of sp³-hybridized carbons (Fsp3) is 0.267. The molecule has 5 heteroatoms. The van der Waals surface area contributed by atoms with Crippen LogP contribution in [-0.2, 0) is 24.3 Å². The molecule has 5 nitrogen and oxygen atoms in total. The second kappa shape index (κ2) is 6.88. The van der Waals surface area contributed by atoms with Gasteiger partial charge in [-0.1, -0.05) is 24.3 Å². The summed E-state index contributed by atoms with van der Waals surface area (Å²) in [6.45, 7) is 1.59. The second-order valence-electron chi connectivity index (χ2n) is 4.81. The molecule has 106 valence electrons. The van der Waals surface area contributed by atoms with Crippen molar-refractivity contribution in [1.82, 2.24) is 10.3 Å². The summed E-state index contributed by atoms with van der Waals surface area (Å²) in [5.41, 5.74) is 4.27. The van der Waals surface area contributed by atoms with E-state index < -0.39 is 0 Å². The minimum absolute atomic E-state index is 0.187. The number of hydrogen-bond donors (Lipinski definition) is 2. The molecule has 0 fully saturated rings. The van der Waals surface area contributed by atoms with E-state index in [1.807, 2.05) is 43.4 Å². The summed E-state index contributed by atoms with van der Waals surface area (Å²) in [5, 5.41) is 0. The van der Waals surface area contributed by atoms with E-state index in [4.69, 9.17) is 10.3 Å². The van der Waals surface area contributed by atoms with Crippen LogP contribution in [0.25, 0.3) is 0 Å². The molecule has 0 bridgehead atoms. The maximum absolute atomic E-state index is 11.2. The lowest BCUT2D eigenvalue weighted by Crippen LogP contribution is -2.31. The fourth-order valence-electron chi connectivity index (χ4n) is 2.04. The summed E-state index contributed by atoms with van der Waals surface area (Å²) >= 11 is 0. The average Bonchev–Trinajstić information content (AvgIpc) is 2.93. The van der Waals surface area contributed by atoms with Crippen LogP contribution in [0.3, 0.4) is 0 Å². The van der Waals surface area contributed by atoms with Gasteiger partial charge in [0.1, 0.15) is 5.76 Å². The molecule has 0 aliphatic heterocycles. The van der Waals surface area contributed by atoms with Crippen LogP contribution in [-0.4, -0.2) is 17.9 Å². The number of carbonyl (C=O) groups excluding carboxylic acids is 1. The maximum Gasteiger partial charge on any atom is 0.238 e. The van der Waals surface area contributed by atoms with Crippen LogP contribution in [0.5, 0.6) is 0 Å². The summed E-state index contributed by atoms with van der Waals surface area (Å²) in [5.74, 6) is 5.83. The molecule has 3 N–H and O–H groups in total. The predicted octanol–water partition coefficient (Wildman–Crippen LogP) is 1.44. The van der Waals surface area contributed by atoms with E-state index in [0.717, 1.165) is 24.4 Å². The highest BCUT2D eigenvalue weighted by Gasteiger charge is 2.05. The molecular weight excluding hydrogens is 254 g/mol. The zero-order valence-corrected chi connectivity index (χ0v) is 11.5. The number of hydrogen-bond acceptors (Lipinski definition) is 4. The molecule has 20 heavy (non-hydrogen) atoms. The highest BCUT2D eigenvalue weighted by molar-refractivity contribution is 5.77. The Morgan fingerprint density at radius 3 is 2.50 bits per heavy atom. The number of benzene rings is 1. The van der Waals surface area contributed by atoms with Crippen LogP contribution in [0, 0.1) is 0 Å². The Balaban J connectivity index is 1.88. The lowest BCUT2D eigenvalue weighted by molar-refractivity contribution is -0.120. The lowest BCUT2D eigenvalue weighted by atomic mass is 10.1. The van der Waals surface area contributed by atoms with E-state index in [0.29, 0.717) is 6.42 Å². The van der Waals surface area contributed by atoms with Gasteiger partial charge < -0.3 is 4.42 Å². The van der Waals surface area contributed by atoms with E-state index in [1.54, 1.807) is 6.26 Å². The van der Waals surface area contributed by atoms with Gasteiger partial charge in [-0.05, 0) is 30.3 Å². The van der Waals surface area contributed by atoms with E-state index in [2.05, 4.69) is 10.3 Å². The average molecular weight is 273 g/mol. The van der Waals surface area contributed by atoms with Crippen molar-refractivity contribution in [3.63, 3.8) is 0 Å². The Labute approximate surface area is 118 Å². The fourth-order valence-corrected chi connectivity index (χ4v) is 2.04. The van der Waals surface area contributed by atoms with Crippen LogP contribution in [0.2, 0.25) is 0 Å². The highest BCUT2D eigenvalue weighted by atomic mass is 16.3. The van der Waals surface area contributed by atoms with E-state index in [9.17, 15) is 4.79 Å². The Morgan fingerprint density at radius 2 is 1.90 bits per heavy atom. The molecule has 1 aromatic carbocycles. The van der Waals surface area contributed by atoms with Crippen molar-refractivity contribution in [1.29, 1.82) is 0 Å². The third-order valence-electron chi connectivity index (χ3n) is 3.01. The number of furan rings is 1. The first-order chi connectivity index (χ1) is 9.67. The number of nitrogens with zero attached hydrogens (tertiary/aromatic N) is 1. The molecule has 1 amide bonds. The topological polar surface area (TPSA) is 71.5 Å². The van der Waals surface area contributed by atoms with Gasteiger partial charge in [0.25, 0.3) is 0 Å². The normalized spacial score (nSPS) is 10.8. The first kappa shape index (κ1) is 14.3. The summed E-state index contributed by atoms with van der Waals surface area (Å²) in [7, 11) is 2.04. The molecule has 1 heterocycles. The van der Waals surface area contributed by atoms with Crippen LogP contribution in [0.15, 0.2) is 47.1 Å². The molecule has 0 saturated heterocycles. The lowest BCUT2D eigenvalue weighted by Gasteiger charge is -2.15. The van der Waals surface area contributed by atoms with Gasteiger partial charge in [0.05, 0.1) is 19.2 Å². The van der Waals surface area contributed by atoms with Crippen molar-refractivity contribution < 1.29 is 9.21 Å². The van der Waals surface area contributed by atoms with Gasteiger partial charge in [-0.3, -0.25) is 15.1 Å². The van der Waals surface area contributed by atoms with Gasteiger partial charge in [0.15, 0.2) is 0 Å². The molecule has 2 aromatic rings. The predicted molar refractivity (Wildman–Crippen MR) is 76.4 cm³/mol. The Bertz CT molecular complexity index is 535. The molecule has 2 rings (SSSR count). The monoisotopic (exact) mass is 273 g/mol. The van der Waals surface area contributed by atoms with Gasteiger partial charge >= 0.3 is 0 Å². The van der Waals surface area contributed by atoms with Gasteiger partial charge in [-0.2, -0.15) is 0 Å². The van der Waals surface area contributed by atoms with Crippen LogP contribution >= 0.6 is 0 Å². The van der Waals surface area contributed by atoms with Gasteiger partial charge in [0, 0.05) is 6.54 Å². The van der Waals surface area contributed by atoms with E-state index in [-0.39, 0.29) is 5.91 Å². The number of nitrogens with one attached hydrogen (secondary N) is 1. The maximum atomic E-state index is 11.2. The molecule has 0 saturated carbocycles. The van der Waals surface area contributed by atoms with Crippen LogP contribution in [0.1, 0.15) is 16.9 Å². The van der Waals surface area contributed by atoms with Crippen LogP contribution in [0.4, 0.5) is 0 Å². The third-order valence-corrected chi connectivity index (χ3v) is 3.01. The number of amides is 1. The number of hydrazine groups is 1. The summed E-state index contributed by atoms with van der Waals surface area (Å²) < 4.78 is 5.32. The number of carbonyl (C=O) groups is 1. The smallest absolute Gasteiger partial charge is 0.238 e. The molecule has 1 aromatic heterocycles. The van der Waals surface area contributed by atoms with E-state index >= 15 is 0 Å². The second-order valence-corrected chi connectivity index (χ2v) is 4.81. The summed E-state index contributed by atoms with van der Waals surface area (Å²) in [4.78, 5) is 13.3. The minimum Gasteiger partial charge on any atom is -0.468 e. The number of rotatable bonds is 6. The molecule has 0 aliphatic carbocycles. The molecule has 0 aliphatic rings. The van der Waals surface area contributed by atoms with Crippen molar-refractivity contribution in [3.8, 4) is 0 Å².